The topological polar surface area (TPSA) is 87.2 Å². The van der Waals surface area contributed by atoms with Crippen LogP contribution in [0.2, 0.25) is 0 Å². The minimum absolute atomic E-state index is 0.266. The maximum Gasteiger partial charge on any atom is 0.268 e. The first-order valence-corrected chi connectivity index (χ1v) is 11.8. The third-order valence-electron chi connectivity index (χ3n) is 5.87. The number of amides is 2. The van der Waals surface area contributed by atoms with E-state index < -0.39 is 11.8 Å². The molecule has 2 amide bonds. The van der Waals surface area contributed by atoms with Gasteiger partial charge in [0.15, 0.2) is 11.5 Å². The molecule has 0 saturated heterocycles. The number of nitrogens with zero attached hydrogens (tertiary/aromatic N) is 2. The van der Waals surface area contributed by atoms with Gasteiger partial charge in [0.2, 0.25) is 10.9 Å². The summed E-state index contributed by atoms with van der Waals surface area (Å²) in [6.07, 6.45) is 0. The lowest BCUT2D eigenvalue weighted by Crippen LogP contribution is -2.29. The average Bonchev–Trinajstić information content (AvgIpc) is 3.46. The molecule has 0 N–H and O–H groups in total. The lowest BCUT2D eigenvalue weighted by molar-refractivity contribution is 0.0926. The summed E-state index contributed by atoms with van der Waals surface area (Å²) in [5, 5.41) is 0.266. The van der Waals surface area contributed by atoms with E-state index in [9.17, 15) is 9.59 Å². The standard InChI is InChI=1S/C27H22N2O6S/c1-32-17-9-7-8-15(12-17)24-22(16-13-20(33-2)23(35-4)21(14-16)34-3)28-27(36-24)29-25(30)18-10-5-6-11-19(18)26(29)31/h5-14H,1-4H3. The Hall–Kier alpha value is -4.37. The predicted octanol–water partition coefficient (Wildman–Crippen LogP) is 5.31. The normalized spacial score (nSPS) is 12.5. The summed E-state index contributed by atoms with van der Waals surface area (Å²) in [4.78, 5) is 33.0. The van der Waals surface area contributed by atoms with Crippen molar-refractivity contribution in [2.24, 2.45) is 0 Å². The molecule has 0 saturated carbocycles. The highest BCUT2D eigenvalue weighted by molar-refractivity contribution is 7.20. The summed E-state index contributed by atoms with van der Waals surface area (Å²) in [5.74, 6) is 1.22. The van der Waals surface area contributed by atoms with Crippen LogP contribution in [0, 0.1) is 0 Å². The molecule has 0 atom stereocenters. The molecule has 5 rings (SSSR count). The number of thiazole rings is 1. The van der Waals surface area contributed by atoms with Crippen LogP contribution in [0.1, 0.15) is 20.7 Å². The minimum Gasteiger partial charge on any atom is -0.497 e. The number of aromatic nitrogens is 1. The fourth-order valence-electron chi connectivity index (χ4n) is 4.14. The van der Waals surface area contributed by atoms with Crippen molar-refractivity contribution >= 4 is 28.3 Å². The van der Waals surface area contributed by atoms with Crippen molar-refractivity contribution in [1.82, 2.24) is 4.98 Å². The Labute approximate surface area is 211 Å². The molecule has 4 aromatic rings. The smallest absolute Gasteiger partial charge is 0.268 e. The van der Waals surface area contributed by atoms with E-state index in [1.165, 1.54) is 32.7 Å². The summed E-state index contributed by atoms with van der Waals surface area (Å²) in [7, 11) is 6.20. The monoisotopic (exact) mass is 502 g/mol. The van der Waals surface area contributed by atoms with Crippen molar-refractivity contribution in [2.45, 2.75) is 0 Å². The number of methoxy groups -OCH3 is 4. The van der Waals surface area contributed by atoms with E-state index in [0.717, 1.165) is 15.3 Å². The Morgan fingerprint density at radius 3 is 1.92 bits per heavy atom. The van der Waals surface area contributed by atoms with Gasteiger partial charge in [-0.25, -0.2) is 9.88 Å². The van der Waals surface area contributed by atoms with E-state index in [1.54, 1.807) is 43.5 Å². The van der Waals surface area contributed by atoms with Gasteiger partial charge in [-0.15, -0.1) is 0 Å². The fourth-order valence-corrected chi connectivity index (χ4v) is 5.22. The van der Waals surface area contributed by atoms with Gasteiger partial charge in [0.1, 0.15) is 5.75 Å². The van der Waals surface area contributed by atoms with Crippen LogP contribution in [0.5, 0.6) is 23.0 Å². The van der Waals surface area contributed by atoms with Crippen LogP contribution in [0.25, 0.3) is 21.7 Å². The largest absolute Gasteiger partial charge is 0.497 e. The Bertz CT molecular complexity index is 1440. The van der Waals surface area contributed by atoms with Crippen LogP contribution in [-0.4, -0.2) is 45.2 Å². The molecule has 3 aromatic carbocycles. The summed E-state index contributed by atoms with van der Waals surface area (Å²) in [5.41, 5.74) is 2.75. The van der Waals surface area contributed by atoms with E-state index in [0.29, 0.717) is 45.4 Å². The number of benzene rings is 3. The Morgan fingerprint density at radius 2 is 1.36 bits per heavy atom. The third kappa shape index (κ3) is 3.74. The first kappa shape index (κ1) is 23.4. The Kier molecular flexibility index (Phi) is 6.07. The van der Waals surface area contributed by atoms with Crippen molar-refractivity contribution in [1.29, 1.82) is 0 Å². The second-order valence-corrected chi connectivity index (χ2v) is 8.79. The summed E-state index contributed by atoms with van der Waals surface area (Å²) in [6, 6.07) is 17.8. The van der Waals surface area contributed by atoms with Crippen molar-refractivity contribution < 1.29 is 28.5 Å². The van der Waals surface area contributed by atoms with Crippen molar-refractivity contribution in [3.8, 4) is 44.7 Å². The van der Waals surface area contributed by atoms with Gasteiger partial charge in [-0.2, -0.15) is 0 Å². The van der Waals surface area contributed by atoms with Crippen LogP contribution >= 0.6 is 11.3 Å². The highest BCUT2D eigenvalue weighted by Gasteiger charge is 2.39. The van der Waals surface area contributed by atoms with Gasteiger partial charge in [0, 0.05) is 5.56 Å². The Balaban J connectivity index is 1.72. The van der Waals surface area contributed by atoms with E-state index in [-0.39, 0.29) is 5.13 Å². The molecule has 2 heterocycles. The van der Waals surface area contributed by atoms with Crippen LogP contribution in [0.15, 0.2) is 60.7 Å². The van der Waals surface area contributed by atoms with Gasteiger partial charge < -0.3 is 18.9 Å². The quantitative estimate of drug-likeness (QED) is 0.317. The minimum atomic E-state index is -0.405. The van der Waals surface area contributed by atoms with E-state index in [2.05, 4.69) is 0 Å². The molecular weight excluding hydrogens is 480 g/mol. The molecule has 1 aromatic heterocycles. The Morgan fingerprint density at radius 1 is 0.722 bits per heavy atom. The zero-order chi connectivity index (χ0) is 25.4. The predicted molar refractivity (Wildman–Crippen MR) is 137 cm³/mol. The van der Waals surface area contributed by atoms with Crippen LogP contribution in [0.4, 0.5) is 5.13 Å². The number of carbonyl (C=O) groups is 2. The van der Waals surface area contributed by atoms with Crippen molar-refractivity contribution in [2.75, 3.05) is 33.3 Å². The van der Waals surface area contributed by atoms with Crippen molar-refractivity contribution in [3.63, 3.8) is 0 Å². The number of anilines is 1. The lowest BCUT2D eigenvalue weighted by Gasteiger charge is -2.14. The molecule has 1 aliphatic rings. The molecule has 0 fully saturated rings. The summed E-state index contributed by atoms with van der Waals surface area (Å²) in [6.45, 7) is 0. The third-order valence-corrected chi connectivity index (χ3v) is 6.96. The second kappa shape index (κ2) is 9.35. The molecule has 9 heteroatoms. The number of carbonyl (C=O) groups excluding carboxylic acids is 2. The molecule has 0 bridgehead atoms. The van der Waals surface area contributed by atoms with Gasteiger partial charge in [-0.3, -0.25) is 9.59 Å². The number of hydrogen-bond acceptors (Lipinski definition) is 8. The van der Waals surface area contributed by atoms with E-state index in [1.807, 2.05) is 24.3 Å². The van der Waals surface area contributed by atoms with Gasteiger partial charge in [0.25, 0.3) is 11.8 Å². The van der Waals surface area contributed by atoms with Crippen molar-refractivity contribution in [3.05, 3.63) is 71.8 Å². The number of rotatable bonds is 7. The summed E-state index contributed by atoms with van der Waals surface area (Å²) < 4.78 is 22.0. The molecule has 0 aliphatic carbocycles. The number of fused-ring (bicyclic) bond motifs is 1. The second-order valence-electron chi connectivity index (χ2n) is 7.81. The zero-order valence-electron chi connectivity index (χ0n) is 20.0. The SMILES string of the molecule is COc1cccc(-c2sc(N3C(=O)c4ccccc4C3=O)nc2-c2cc(OC)c(OC)c(OC)c2)c1. The number of imide groups is 1. The highest BCUT2D eigenvalue weighted by Crippen LogP contribution is 2.47. The first-order chi connectivity index (χ1) is 17.5. The van der Waals surface area contributed by atoms with E-state index in [4.69, 9.17) is 23.9 Å². The highest BCUT2D eigenvalue weighted by atomic mass is 32.1. The van der Waals surface area contributed by atoms with Gasteiger partial charge in [-0.1, -0.05) is 35.6 Å². The molecular formula is C27H22N2O6S. The summed E-state index contributed by atoms with van der Waals surface area (Å²) >= 11 is 1.24. The molecule has 1 aliphatic heterocycles. The van der Waals surface area contributed by atoms with Gasteiger partial charge in [-0.05, 0) is 42.0 Å². The first-order valence-electron chi connectivity index (χ1n) is 10.9. The molecule has 0 spiro atoms. The molecule has 0 radical (unpaired) electrons. The molecule has 8 nitrogen and oxygen atoms in total. The van der Waals surface area contributed by atoms with Gasteiger partial charge >= 0.3 is 0 Å². The zero-order valence-corrected chi connectivity index (χ0v) is 20.8. The van der Waals surface area contributed by atoms with Gasteiger partial charge in [0.05, 0.1) is 50.1 Å². The number of hydrogen-bond donors (Lipinski definition) is 0. The molecule has 0 unspecified atom stereocenters. The maximum atomic E-state index is 13.2. The molecule has 36 heavy (non-hydrogen) atoms. The average molecular weight is 503 g/mol. The molecule has 182 valence electrons. The maximum absolute atomic E-state index is 13.2. The van der Waals surface area contributed by atoms with Crippen LogP contribution in [-0.2, 0) is 0 Å². The number of ether oxygens (including phenoxy) is 4. The lowest BCUT2D eigenvalue weighted by atomic mass is 10.1. The van der Waals surface area contributed by atoms with Crippen LogP contribution < -0.4 is 23.8 Å². The van der Waals surface area contributed by atoms with E-state index >= 15 is 0 Å². The van der Waals surface area contributed by atoms with Crippen LogP contribution in [0.3, 0.4) is 0 Å². The fraction of sp³-hybridized carbons (Fsp3) is 0.148.